The number of hydrogen-bond acceptors (Lipinski definition) is 3. The highest BCUT2D eigenvalue weighted by Crippen LogP contribution is 1.91. The molecule has 0 aromatic heterocycles. The van der Waals surface area contributed by atoms with Gasteiger partial charge in [0.1, 0.15) is 0 Å². The normalized spacial score (nSPS) is 12.6. The van der Waals surface area contributed by atoms with Crippen molar-refractivity contribution < 1.29 is 18.8 Å². The predicted octanol–water partition coefficient (Wildman–Crippen LogP) is 1.03. The zero-order chi connectivity index (χ0) is 10.8. The highest BCUT2D eigenvalue weighted by molar-refractivity contribution is 7.85. The number of carbonyl (C=O) groups is 1. The maximum absolute atomic E-state index is 11.1. The van der Waals surface area contributed by atoms with Gasteiger partial charge in [-0.15, -0.1) is 0 Å². The van der Waals surface area contributed by atoms with Crippen LogP contribution in [0.5, 0.6) is 0 Å². The molecule has 1 atom stereocenters. The molecule has 0 amide bonds. The van der Waals surface area contributed by atoms with Gasteiger partial charge < -0.3 is 9.84 Å². The third kappa shape index (κ3) is 9.67. The fourth-order valence-corrected chi connectivity index (χ4v) is 1.71. The van der Waals surface area contributed by atoms with Crippen molar-refractivity contribution in [2.24, 2.45) is 0 Å². The lowest BCUT2D eigenvalue weighted by Crippen LogP contribution is -2.12. The average Bonchev–Trinajstić information content (AvgIpc) is 2.14. The topological polar surface area (TPSA) is 63.6 Å². The summed E-state index contributed by atoms with van der Waals surface area (Å²) in [6, 6.07) is 0. The Morgan fingerprint density at radius 2 is 2.07 bits per heavy atom. The summed E-state index contributed by atoms with van der Waals surface area (Å²) in [5, 5.41) is 8.34. The first-order valence-corrected chi connectivity index (χ1v) is 6.30. The molecule has 84 valence electrons. The smallest absolute Gasteiger partial charge is 0.304 e. The van der Waals surface area contributed by atoms with Gasteiger partial charge in [0, 0.05) is 28.9 Å². The molecule has 0 saturated carbocycles. The predicted molar refractivity (Wildman–Crippen MR) is 55.9 cm³/mol. The number of rotatable bonds is 9. The molecule has 0 fully saturated rings. The highest BCUT2D eigenvalue weighted by atomic mass is 32.2. The average molecular weight is 222 g/mol. The second-order valence-corrected chi connectivity index (χ2v) is 4.65. The Labute approximate surface area is 87.1 Å². The molecule has 1 N–H and O–H groups in total. The summed E-state index contributed by atoms with van der Waals surface area (Å²) >= 11 is 0. The van der Waals surface area contributed by atoms with Crippen molar-refractivity contribution >= 4 is 16.8 Å². The molecule has 0 aliphatic heterocycles. The van der Waals surface area contributed by atoms with E-state index in [1.54, 1.807) is 0 Å². The largest absolute Gasteiger partial charge is 0.481 e. The molecule has 0 rings (SSSR count). The standard InChI is InChI=1S/C9H18O4S/c1-2-3-5-13-6-8-14(12)7-4-9(10)11/h2-8H2,1H3,(H,10,11). The van der Waals surface area contributed by atoms with Crippen molar-refractivity contribution in [2.45, 2.75) is 26.2 Å². The first-order chi connectivity index (χ1) is 6.66. The van der Waals surface area contributed by atoms with E-state index in [-0.39, 0.29) is 12.2 Å². The molecule has 0 bridgehead atoms. The minimum absolute atomic E-state index is 0.0262. The van der Waals surface area contributed by atoms with Crippen LogP contribution in [0.25, 0.3) is 0 Å². The lowest BCUT2D eigenvalue weighted by Gasteiger charge is -2.02. The van der Waals surface area contributed by atoms with Gasteiger partial charge in [-0.25, -0.2) is 0 Å². The Hall–Kier alpha value is -0.420. The lowest BCUT2D eigenvalue weighted by atomic mass is 10.4. The summed E-state index contributed by atoms with van der Waals surface area (Å²) in [5.74, 6) is -0.228. The van der Waals surface area contributed by atoms with Crippen molar-refractivity contribution in [3.8, 4) is 0 Å². The molecule has 0 radical (unpaired) electrons. The van der Waals surface area contributed by atoms with E-state index in [2.05, 4.69) is 6.92 Å². The summed E-state index contributed by atoms with van der Waals surface area (Å²) in [5.41, 5.74) is 0. The van der Waals surface area contributed by atoms with E-state index < -0.39 is 16.8 Å². The summed E-state index contributed by atoms with van der Waals surface area (Å²) in [6.45, 7) is 3.24. The summed E-state index contributed by atoms with van der Waals surface area (Å²) in [6.07, 6.45) is 2.07. The zero-order valence-corrected chi connectivity index (χ0v) is 9.35. The van der Waals surface area contributed by atoms with Gasteiger partial charge in [0.25, 0.3) is 0 Å². The summed E-state index contributed by atoms with van der Waals surface area (Å²) in [4.78, 5) is 10.2. The van der Waals surface area contributed by atoms with Gasteiger partial charge in [-0.3, -0.25) is 9.00 Å². The van der Waals surface area contributed by atoms with Crippen molar-refractivity contribution in [1.29, 1.82) is 0 Å². The molecule has 0 heterocycles. The number of ether oxygens (including phenoxy) is 1. The first kappa shape index (κ1) is 13.6. The molecule has 5 heteroatoms. The monoisotopic (exact) mass is 222 g/mol. The van der Waals surface area contributed by atoms with Crippen LogP contribution in [0, 0.1) is 0 Å². The van der Waals surface area contributed by atoms with E-state index in [1.165, 1.54) is 0 Å². The van der Waals surface area contributed by atoms with Crippen LogP contribution in [0.3, 0.4) is 0 Å². The third-order valence-electron chi connectivity index (χ3n) is 1.64. The van der Waals surface area contributed by atoms with Crippen LogP contribution in [-0.4, -0.2) is 40.0 Å². The van der Waals surface area contributed by atoms with Crippen molar-refractivity contribution in [3.05, 3.63) is 0 Å². The first-order valence-electron chi connectivity index (χ1n) is 4.81. The summed E-state index contributed by atoms with van der Waals surface area (Å²) < 4.78 is 16.4. The molecule has 0 spiro atoms. The van der Waals surface area contributed by atoms with Crippen LogP contribution < -0.4 is 0 Å². The molecule has 0 aromatic rings. The maximum atomic E-state index is 11.1. The van der Waals surface area contributed by atoms with Gasteiger partial charge in [-0.2, -0.15) is 0 Å². The molecule has 4 nitrogen and oxygen atoms in total. The highest BCUT2D eigenvalue weighted by Gasteiger charge is 2.03. The van der Waals surface area contributed by atoms with E-state index in [4.69, 9.17) is 9.84 Å². The van der Waals surface area contributed by atoms with Crippen LogP contribution >= 0.6 is 0 Å². The van der Waals surface area contributed by atoms with Crippen LogP contribution in [0.15, 0.2) is 0 Å². The van der Waals surface area contributed by atoms with Crippen LogP contribution in [0.1, 0.15) is 26.2 Å². The van der Waals surface area contributed by atoms with Gasteiger partial charge in [0.2, 0.25) is 0 Å². The van der Waals surface area contributed by atoms with Gasteiger partial charge >= 0.3 is 5.97 Å². The van der Waals surface area contributed by atoms with Crippen LogP contribution in [0.4, 0.5) is 0 Å². The Balaban J connectivity index is 3.22. The van der Waals surface area contributed by atoms with E-state index in [9.17, 15) is 9.00 Å². The van der Waals surface area contributed by atoms with Crippen LogP contribution in [-0.2, 0) is 20.3 Å². The van der Waals surface area contributed by atoms with Crippen molar-refractivity contribution in [3.63, 3.8) is 0 Å². The van der Waals surface area contributed by atoms with Gasteiger partial charge in [0.05, 0.1) is 13.0 Å². The zero-order valence-electron chi connectivity index (χ0n) is 8.53. The number of aliphatic carboxylic acids is 1. The van der Waals surface area contributed by atoms with Crippen molar-refractivity contribution in [1.82, 2.24) is 0 Å². The quantitative estimate of drug-likeness (QED) is 0.592. The number of unbranched alkanes of at least 4 members (excludes halogenated alkanes) is 1. The van der Waals surface area contributed by atoms with E-state index in [0.29, 0.717) is 19.0 Å². The lowest BCUT2D eigenvalue weighted by molar-refractivity contribution is -0.136. The Bertz CT molecular complexity index is 182. The molecule has 0 aromatic carbocycles. The Morgan fingerprint density at radius 1 is 1.36 bits per heavy atom. The Kier molecular flexibility index (Phi) is 8.87. The van der Waals surface area contributed by atoms with Crippen LogP contribution in [0.2, 0.25) is 0 Å². The molecule has 1 unspecified atom stereocenters. The molecule has 14 heavy (non-hydrogen) atoms. The van der Waals surface area contributed by atoms with Gasteiger partial charge in [-0.05, 0) is 6.42 Å². The molecular weight excluding hydrogens is 204 g/mol. The molecule has 0 saturated heterocycles. The number of hydrogen-bond donors (Lipinski definition) is 1. The second kappa shape index (κ2) is 9.15. The number of carboxylic acid groups (broad SMARTS) is 1. The van der Waals surface area contributed by atoms with E-state index in [1.807, 2.05) is 0 Å². The fourth-order valence-electron chi connectivity index (χ4n) is 0.804. The minimum atomic E-state index is -1.05. The second-order valence-electron chi connectivity index (χ2n) is 2.96. The molecule has 0 aliphatic rings. The SMILES string of the molecule is CCCCOCCS(=O)CCC(=O)O. The van der Waals surface area contributed by atoms with E-state index in [0.717, 1.165) is 12.8 Å². The maximum Gasteiger partial charge on any atom is 0.304 e. The van der Waals surface area contributed by atoms with Crippen molar-refractivity contribution in [2.75, 3.05) is 24.7 Å². The summed E-state index contributed by atoms with van der Waals surface area (Å²) in [7, 11) is -1.05. The minimum Gasteiger partial charge on any atom is -0.481 e. The van der Waals surface area contributed by atoms with E-state index >= 15 is 0 Å². The fraction of sp³-hybridized carbons (Fsp3) is 0.889. The third-order valence-corrected chi connectivity index (χ3v) is 2.92. The van der Waals surface area contributed by atoms with Gasteiger partial charge in [-0.1, -0.05) is 13.3 Å². The molecular formula is C9H18O4S. The van der Waals surface area contributed by atoms with Gasteiger partial charge in [0.15, 0.2) is 0 Å². The number of carboxylic acids is 1. The molecule has 0 aliphatic carbocycles. The Morgan fingerprint density at radius 3 is 2.64 bits per heavy atom.